The van der Waals surface area contributed by atoms with E-state index in [0.29, 0.717) is 0 Å². The number of fused-ring (bicyclic) bond motifs is 11. The van der Waals surface area contributed by atoms with E-state index in [1.165, 1.54) is 141 Å². The van der Waals surface area contributed by atoms with E-state index in [1.807, 2.05) is 0 Å². The monoisotopic (exact) mass is 884 g/mol. The second-order valence-electron chi connectivity index (χ2n) is 19.1. The summed E-state index contributed by atoms with van der Waals surface area (Å²) in [6.45, 7) is 0. The standard InChI is InChI=1S/C68H40N2/c1-2-15-43-38-44(31-30-41(43)14-1)66-57-34-32-46(70-63-28-9-5-20-49(63)50-21-6-10-29-64(50)70)40-60(57)68(58-35-33-45(39-59(58)66)69-61-26-7-3-18-47(61)48-19-4-8-27-62(48)69)56-37-36-55-52-23-12-17-42-16-11-22-51(65(42)52)53-24-13-25-54(56)67(53)55/h1-40H. The number of hydrogen-bond acceptors (Lipinski definition) is 0. The lowest BCUT2D eigenvalue weighted by molar-refractivity contribution is 1.18. The molecule has 0 radical (unpaired) electrons. The lowest BCUT2D eigenvalue weighted by Gasteiger charge is -2.22. The molecular weight excluding hydrogens is 845 g/mol. The van der Waals surface area contributed by atoms with Crippen molar-refractivity contribution in [2.24, 2.45) is 0 Å². The van der Waals surface area contributed by atoms with Crippen LogP contribution in [0.25, 0.3) is 153 Å². The number of rotatable bonds is 4. The molecule has 0 aliphatic heterocycles. The Labute approximate surface area is 402 Å². The normalized spacial score (nSPS) is 12.3. The first-order valence-electron chi connectivity index (χ1n) is 24.3. The van der Waals surface area contributed by atoms with E-state index in [-0.39, 0.29) is 0 Å². The third-order valence-electron chi connectivity index (χ3n) is 15.6. The molecule has 0 atom stereocenters. The Balaban J connectivity index is 1.09. The van der Waals surface area contributed by atoms with Crippen molar-refractivity contribution in [1.29, 1.82) is 0 Å². The number of para-hydroxylation sites is 4. The fourth-order valence-electron chi connectivity index (χ4n) is 12.7. The summed E-state index contributed by atoms with van der Waals surface area (Å²) in [6.07, 6.45) is 0. The van der Waals surface area contributed by atoms with Crippen LogP contribution in [0.1, 0.15) is 0 Å². The van der Waals surface area contributed by atoms with Crippen LogP contribution < -0.4 is 0 Å². The van der Waals surface area contributed by atoms with E-state index >= 15 is 0 Å². The summed E-state index contributed by atoms with van der Waals surface area (Å²) >= 11 is 0. The molecule has 0 fully saturated rings. The number of nitrogens with zero attached hydrogens (tertiary/aromatic N) is 2. The molecule has 2 heterocycles. The van der Waals surface area contributed by atoms with Gasteiger partial charge in [-0.15, -0.1) is 0 Å². The third-order valence-corrected chi connectivity index (χ3v) is 15.6. The van der Waals surface area contributed by atoms with Gasteiger partial charge >= 0.3 is 0 Å². The molecule has 0 saturated heterocycles. The van der Waals surface area contributed by atoms with Crippen molar-refractivity contribution >= 4 is 119 Å². The number of aromatic nitrogens is 2. The van der Waals surface area contributed by atoms with Gasteiger partial charge in [0.15, 0.2) is 0 Å². The minimum atomic E-state index is 1.14. The van der Waals surface area contributed by atoms with Crippen molar-refractivity contribution in [2.45, 2.75) is 0 Å². The van der Waals surface area contributed by atoms with Crippen molar-refractivity contribution < 1.29 is 0 Å². The Hall–Kier alpha value is -9.24. The molecule has 2 heteroatoms. The first kappa shape index (κ1) is 37.8. The minimum absolute atomic E-state index is 1.14. The average molecular weight is 885 g/mol. The van der Waals surface area contributed by atoms with Crippen LogP contribution in [0.3, 0.4) is 0 Å². The molecule has 0 bridgehead atoms. The second-order valence-corrected chi connectivity index (χ2v) is 19.1. The van der Waals surface area contributed by atoms with Gasteiger partial charge in [-0.3, -0.25) is 0 Å². The van der Waals surface area contributed by atoms with Crippen LogP contribution in [0, 0.1) is 0 Å². The molecule has 16 aromatic rings. The van der Waals surface area contributed by atoms with Gasteiger partial charge in [-0.1, -0.05) is 188 Å². The molecule has 0 aliphatic rings. The van der Waals surface area contributed by atoms with Gasteiger partial charge in [-0.2, -0.15) is 0 Å². The van der Waals surface area contributed by atoms with Crippen molar-refractivity contribution in [3.8, 4) is 33.6 Å². The van der Waals surface area contributed by atoms with Gasteiger partial charge in [0.05, 0.1) is 22.1 Å². The van der Waals surface area contributed by atoms with E-state index < -0.39 is 0 Å². The Morgan fingerprint density at radius 2 is 0.629 bits per heavy atom. The van der Waals surface area contributed by atoms with Crippen molar-refractivity contribution in [2.75, 3.05) is 0 Å². The minimum Gasteiger partial charge on any atom is -0.309 e. The maximum absolute atomic E-state index is 2.49. The lowest BCUT2D eigenvalue weighted by atomic mass is 9.82. The molecular formula is C68H40N2. The maximum atomic E-state index is 2.49. The predicted octanol–water partition coefficient (Wildman–Crippen LogP) is 18.7. The van der Waals surface area contributed by atoms with Crippen LogP contribution in [0.15, 0.2) is 243 Å². The zero-order valence-electron chi connectivity index (χ0n) is 38.0. The Morgan fingerprint density at radius 1 is 0.214 bits per heavy atom. The summed E-state index contributed by atoms with van der Waals surface area (Å²) in [5.74, 6) is 0. The largest absolute Gasteiger partial charge is 0.309 e. The summed E-state index contributed by atoms with van der Waals surface area (Å²) in [7, 11) is 0. The van der Waals surface area contributed by atoms with Gasteiger partial charge in [-0.25, -0.2) is 0 Å². The maximum Gasteiger partial charge on any atom is 0.0541 e. The third kappa shape index (κ3) is 5.12. The molecule has 0 amide bonds. The van der Waals surface area contributed by atoms with E-state index in [4.69, 9.17) is 0 Å². The molecule has 0 unspecified atom stereocenters. The van der Waals surface area contributed by atoms with Crippen LogP contribution in [-0.2, 0) is 0 Å². The zero-order chi connectivity index (χ0) is 45.6. The Bertz CT molecular complexity index is 4730. The van der Waals surface area contributed by atoms with E-state index in [2.05, 4.69) is 252 Å². The molecule has 322 valence electrons. The highest BCUT2D eigenvalue weighted by Crippen LogP contribution is 2.50. The summed E-state index contributed by atoms with van der Waals surface area (Å²) in [5, 5.41) is 22.7. The highest BCUT2D eigenvalue weighted by molar-refractivity contribution is 6.35. The topological polar surface area (TPSA) is 9.86 Å². The Kier molecular flexibility index (Phi) is 7.64. The quantitative estimate of drug-likeness (QED) is 0.123. The van der Waals surface area contributed by atoms with Crippen LogP contribution >= 0.6 is 0 Å². The average Bonchev–Trinajstić information content (AvgIpc) is 3.94. The van der Waals surface area contributed by atoms with Crippen molar-refractivity contribution in [3.63, 3.8) is 0 Å². The van der Waals surface area contributed by atoms with E-state index in [0.717, 1.165) is 11.4 Å². The molecule has 0 aliphatic carbocycles. The van der Waals surface area contributed by atoms with Crippen LogP contribution in [0.5, 0.6) is 0 Å². The van der Waals surface area contributed by atoms with Crippen LogP contribution in [0.4, 0.5) is 0 Å². The summed E-state index contributed by atoms with van der Waals surface area (Å²) in [4.78, 5) is 0. The molecule has 2 nitrogen and oxygen atoms in total. The van der Waals surface area contributed by atoms with Crippen LogP contribution in [0.2, 0.25) is 0 Å². The molecule has 14 aromatic carbocycles. The zero-order valence-corrected chi connectivity index (χ0v) is 38.0. The van der Waals surface area contributed by atoms with Gasteiger partial charge < -0.3 is 9.13 Å². The van der Waals surface area contributed by atoms with Crippen LogP contribution in [-0.4, -0.2) is 9.13 Å². The van der Waals surface area contributed by atoms with Gasteiger partial charge in [0.1, 0.15) is 0 Å². The predicted molar refractivity (Wildman–Crippen MR) is 300 cm³/mol. The van der Waals surface area contributed by atoms with Gasteiger partial charge in [0.25, 0.3) is 0 Å². The SMILES string of the molecule is c1ccc2cc(-c3c4cc(-n5c6ccccc6c6ccccc65)ccc4c(-c4ccc5c6cccc7cccc(c8cccc4c85)c76)c4cc(-n5c6ccccc6c6ccccc65)ccc34)ccc2c1. The fourth-order valence-corrected chi connectivity index (χ4v) is 12.7. The molecule has 2 aromatic heterocycles. The fraction of sp³-hybridized carbons (Fsp3) is 0. The highest BCUT2D eigenvalue weighted by Gasteiger charge is 2.24. The number of benzene rings is 14. The van der Waals surface area contributed by atoms with E-state index in [9.17, 15) is 0 Å². The van der Waals surface area contributed by atoms with Gasteiger partial charge in [-0.05, 0) is 152 Å². The first-order valence-corrected chi connectivity index (χ1v) is 24.3. The summed E-state index contributed by atoms with van der Waals surface area (Å²) < 4.78 is 4.93. The van der Waals surface area contributed by atoms with Crippen molar-refractivity contribution in [3.05, 3.63) is 243 Å². The van der Waals surface area contributed by atoms with Gasteiger partial charge in [0.2, 0.25) is 0 Å². The van der Waals surface area contributed by atoms with Crippen molar-refractivity contribution in [1.82, 2.24) is 9.13 Å². The Morgan fingerprint density at radius 3 is 1.21 bits per heavy atom. The summed E-state index contributed by atoms with van der Waals surface area (Å²) in [6, 6.07) is 91.0. The second kappa shape index (κ2) is 14.1. The lowest BCUT2D eigenvalue weighted by Crippen LogP contribution is -1.98. The molecule has 0 spiro atoms. The molecule has 0 saturated carbocycles. The molecule has 70 heavy (non-hydrogen) atoms. The molecule has 0 N–H and O–H groups in total. The first-order chi connectivity index (χ1) is 34.7. The van der Waals surface area contributed by atoms with E-state index in [1.54, 1.807) is 0 Å². The van der Waals surface area contributed by atoms with Gasteiger partial charge in [0, 0.05) is 32.9 Å². The smallest absolute Gasteiger partial charge is 0.0541 e. The number of hydrogen-bond donors (Lipinski definition) is 0. The highest BCUT2D eigenvalue weighted by atomic mass is 15.0. The summed E-state index contributed by atoms with van der Waals surface area (Å²) in [5.41, 5.74) is 12.0. The molecule has 16 rings (SSSR count).